The molecule has 7 heteroatoms. The van der Waals surface area contributed by atoms with E-state index in [1.165, 1.54) is 12.1 Å². The summed E-state index contributed by atoms with van der Waals surface area (Å²) in [6, 6.07) is 3.44. The van der Waals surface area contributed by atoms with Crippen molar-refractivity contribution in [2.24, 2.45) is 10.8 Å². The van der Waals surface area contributed by atoms with Crippen molar-refractivity contribution in [3.8, 4) is 0 Å². The Morgan fingerprint density at radius 2 is 1.76 bits per heavy atom. The molecule has 5 nitrogen and oxygen atoms in total. The minimum absolute atomic E-state index is 0.0315. The average molecular weight is 332 g/mol. The Morgan fingerprint density at radius 1 is 1.24 bits per heavy atom. The Labute approximate surface area is 129 Å². The maximum absolute atomic E-state index is 12.4. The molecular weight excluding hydrogens is 314 g/mol. The molecule has 0 bridgehead atoms. The topological polar surface area (TPSA) is 83.5 Å². The molecule has 1 aliphatic carbocycles. The zero-order valence-corrected chi connectivity index (χ0v) is 13.8. The summed E-state index contributed by atoms with van der Waals surface area (Å²) in [5.41, 5.74) is -0.391. The molecular formula is C14H18ClNO4S. The fraction of sp³-hybridized carbons (Fsp3) is 0.500. The van der Waals surface area contributed by atoms with Crippen LogP contribution in [0.5, 0.6) is 0 Å². The third-order valence-corrected chi connectivity index (χ3v) is 6.51. The molecule has 0 saturated heterocycles. The van der Waals surface area contributed by atoms with Crippen LogP contribution in [-0.4, -0.2) is 25.5 Å². The molecule has 0 heterocycles. The molecule has 1 aliphatic rings. The first-order valence-electron chi connectivity index (χ1n) is 6.46. The van der Waals surface area contributed by atoms with Gasteiger partial charge in [0.15, 0.2) is 0 Å². The lowest BCUT2D eigenvalue weighted by Gasteiger charge is -2.09. The summed E-state index contributed by atoms with van der Waals surface area (Å²) in [6.07, 6.45) is 0. The maximum Gasteiger partial charge on any atom is 0.337 e. The van der Waals surface area contributed by atoms with Crippen molar-refractivity contribution in [1.82, 2.24) is 4.72 Å². The average Bonchev–Trinajstić information content (AvgIpc) is 2.70. The zero-order chi connectivity index (χ0) is 16.2. The van der Waals surface area contributed by atoms with Crippen LogP contribution >= 0.6 is 11.6 Å². The van der Waals surface area contributed by atoms with Crippen molar-refractivity contribution < 1.29 is 18.3 Å². The van der Waals surface area contributed by atoms with Gasteiger partial charge in [0.1, 0.15) is 0 Å². The number of aromatic carboxylic acids is 1. The fourth-order valence-corrected chi connectivity index (χ4v) is 4.43. The van der Waals surface area contributed by atoms with Crippen molar-refractivity contribution in [2.45, 2.75) is 38.6 Å². The minimum atomic E-state index is -3.73. The number of sulfonamides is 1. The lowest BCUT2D eigenvalue weighted by atomic mass is 10.0. The van der Waals surface area contributed by atoms with Gasteiger partial charge in [-0.1, -0.05) is 39.3 Å². The van der Waals surface area contributed by atoms with Gasteiger partial charge in [-0.15, -0.1) is 0 Å². The summed E-state index contributed by atoms with van der Waals surface area (Å²) in [5.74, 6) is -1.19. The number of benzene rings is 1. The van der Waals surface area contributed by atoms with E-state index in [-0.39, 0.29) is 32.4 Å². The quantitative estimate of drug-likeness (QED) is 0.888. The number of carboxylic acids is 1. The van der Waals surface area contributed by atoms with Crippen LogP contribution in [0.15, 0.2) is 23.1 Å². The molecule has 1 aromatic rings. The van der Waals surface area contributed by atoms with Gasteiger partial charge in [0.05, 0.1) is 15.5 Å². The minimum Gasteiger partial charge on any atom is -0.478 e. The van der Waals surface area contributed by atoms with E-state index >= 15 is 0 Å². The van der Waals surface area contributed by atoms with E-state index in [4.69, 9.17) is 16.7 Å². The number of hydrogen-bond acceptors (Lipinski definition) is 3. The van der Waals surface area contributed by atoms with Gasteiger partial charge in [-0.25, -0.2) is 17.9 Å². The molecule has 0 amide bonds. The van der Waals surface area contributed by atoms with E-state index in [9.17, 15) is 13.2 Å². The highest BCUT2D eigenvalue weighted by molar-refractivity contribution is 7.89. The summed E-state index contributed by atoms with van der Waals surface area (Å²) in [6.45, 7) is 8.00. The fourth-order valence-electron chi connectivity index (χ4n) is 2.55. The highest BCUT2D eigenvalue weighted by Gasteiger charge is 2.66. The van der Waals surface area contributed by atoms with E-state index in [0.717, 1.165) is 6.07 Å². The van der Waals surface area contributed by atoms with Gasteiger partial charge in [-0.05, 0) is 29.0 Å². The van der Waals surface area contributed by atoms with Crippen LogP contribution in [-0.2, 0) is 10.0 Å². The molecule has 0 aliphatic heterocycles. The summed E-state index contributed by atoms with van der Waals surface area (Å²) < 4.78 is 27.4. The van der Waals surface area contributed by atoms with Crippen LogP contribution in [0.1, 0.15) is 38.1 Å². The number of carbonyl (C=O) groups is 1. The van der Waals surface area contributed by atoms with Gasteiger partial charge in [0.2, 0.25) is 10.0 Å². The number of carboxylic acid groups (broad SMARTS) is 1. The Balaban J connectivity index is 2.30. The van der Waals surface area contributed by atoms with Crippen molar-refractivity contribution in [1.29, 1.82) is 0 Å². The monoisotopic (exact) mass is 331 g/mol. The van der Waals surface area contributed by atoms with Gasteiger partial charge in [-0.3, -0.25) is 0 Å². The number of rotatable bonds is 4. The molecule has 1 fully saturated rings. The van der Waals surface area contributed by atoms with Gasteiger partial charge in [0.25, 0.3) is 0 Å². The third-order valence-electron chi connectivity index (χ3n) is 4.77. The van der Waals surface area contributed by atoms with E-state index in [0.29, 0.717) is 0 Å². The largest absolute Gasteiger partial charge is 0.478 e. The van der Waals surface area contributed by atoms with E-state index < -0.39 is 16.0 Å². The second kappa shape index (κ2) is 4.69. The molecule has 1 aromatic carbocycles. The van der Waals surface area contributed by atoms with Gasteiger partial charge < -0.3 is 5.11 Å². The molecule has 0 spiro atoms. The summed E-state index contributed by atoms with van der Waals surface area (Å²) >= 11 is 5.82. The van der Waals surface area contributed by atoms with E-state index in [2.05, 4.69) is 4.72 Å². The Bertz CT molecular complexity index is 696. The summed E-state index contributed by atoms with van der Waals surface area (Å²) in [4.78, 5) is 10.9. The van der Waals surface area contributed by atoms with Crippen LogP contribution in [0.3, 0.4) is 0 Å². The maximum atomic E-state index is 12.4. The summed E-state index contributed by atoms with van der Waals surface area (Å²) in [5, 5.41) is 8.80. The highest BCUT2D eigenvalue weighted by atomic mass is 35.5. The molecule has 0 unspecified atom stereocenters. The molecule has 0 aromatic heterocycles. The van der Waals surface area contributed by atoms with E-state index in [1.807, 2.05) is 27.7 Å². The van der Waals surface area contributed by atoms with Crippen LogP contribution < -0.4 is 4.72 Å². The van der Waals surface area contributed by atoms with E-state index in [1.54, 1.807) is 0 Å². The van der Waals surface area contributed by atoms with Crippen LogP contribution in [0, 0.1) is 10.8 Å². The predicted octanol–water partition coefficient (Wildman–Crippen LogP) is 2.75. The first kappa shape index (κ1) is 16.3. The molecule has 21 heavy (non-hydrogen) atoms. The molecule has 2 N–H and O–H groups in total. The number of halogens is 1. The lowest BCUT2D eigenvalue weighted by Crippen LogP contribution is -2.30. The van der Waals surface area contributed by atoms with Crippen molar-refractivity contribution in [2.75, 3.05) is 0 Å². The SMILES string of the molecule is CC1(C)C(NS(=O)(=O)c2ccc(C(=O)O)c(Cl)c2)C1(C)C. The first-order chi connectivity index (χ1) is 9.41. The van der Waals surface area contributed by atoms with Crippen LogP contribution in [0.25, 0.3) is 0 Å². The second-order valence-electron chi connectivity index (χ2n) is 6.44. The smallest absolute Gasteiger partial charge is 0.337 e. The highest BCUT2D eigenvalue weighted by Crippen LogP contribution is 2.62. The molecule has 0 radical (unpaired) electrons. The molecule has 116 valence electrons. The van der Waals surface area contributed by atoms with Gasteiger partial charge in [-0.2, -0.15) is 0 Å². The normalized spacial score (nSPS) is 20.2. The Hall–Kier alpha value is -1.11. The standard InChI is InChI=1S/C14H18ClNO4S/c1-13(2)12(14(13,3)4)16-21(19,20)8-5-6-9(11(17)18)10(15)7-8/h5-7,12,16H,1-4H3,(H,17,18). The molecule has 2 rings (SSSR count). The predicted molar refractivity (Wildman–Crippen MR) is 80.1 cm³/mol. The second-order valence-corrected chi connectivity index (χ2v) is 8.57. The first-order valence-corrected chi connectivity index (χ1v) is 8.32. The van der Waals surface area contributed by atoms with Gasteiger partial charge >= 0.3 is 5.97 Å². The zero-order valence-electron chi connectivity index (χ0n) is 12.3. The molecule has 1 saturated carbocycles. The Kier molecular flexibility index (Phi) is 3.64. The number of nitrogens with one attached hydrogen (secondary N) is 1. The summed E-state index contributed by atoms with van der Waals surface area (Å²) in [7, 11) is -3.73. The van der Waals surface area contributed by atoms with Crippen LogP contribution in [0.4, 0.5) is 0 Å². The van der Waals surface area contributed by atoms with Crippen LogP contribution in [0.2, 0.25) is 5.02 Å². The molecule has 0 atom stereocenters. The van der Waals surface area contributed by atoms with Gasteiger partial charge in [0, 0.05) is 6.04 Å². The van der Waals surface area contributed by atoms with Crippen molar-refractivity contribution in [3.63, 3.8) is 0 Å². The third kappa shape index (κ3) is 2.56. The lowest BCUT2D eigenvalue weighted by molar-refractivity contribution is 0.0697. The number of hydrogen-bond donors (Lipinski definition) is 2. The Morgan fingerprint density at radius 3 is 2.14 bits per heavy atom. The van der Waals surface area contributed by atoms with Crippen molar-refractivity contribution >= 4 is 27.6 Å². The van der Waals surface area contributed by atoms with Crippen molar-refractivity contribution in [3.05, 3.63) is 28.8 Å².